The second kappa shape index (κ2) is 15.7. The Morgan fingerprint density at radius 2 is 1.37 bits per heavy atom. The monoisotopic (exact) mass is 727 g/mol. The summed E-state index contributed by atoms with van der Waals surface area (Å²) >= 11 is 0. The summed E-state index contributed by atoms with van der Waals surface area (Å²) in [5.41, 5.74) is -7.10. The fourth-order valence-electron chi connectivity index (χ4n) is 4.17. The van der Waals surface area contributed by atoms with E-state index in [0.29, 0.717) is 28.7 Å². The number of carbonyl (C=O) groups is 4. The van der Waals surface area contributed by atoms with Crippen LogP contribution in [0.2, 0.25) is 0 Å². The number of hydrogen-bond donors (Lipinski definition) is 2. The number of ether oxygens (including phenoxy) is 3. The Kier molecular flexibility index (Phi) is 12.4. The number of rotatable bonds is 10. The molecule has 2 amide bonds. The molecular formula is C33H35F6N5O7. The maximum atomic E-state index is 13.8. The van der Waals surface area contributed by atoms with Crippen molar-refractivity contribution in [1.29, 1.82) is 0 Å². The van der Waals surface area contributed by atoms with Gasteiger partial charge in [0, 0.05) is 6.54 Å². The van der Waals surface area contributed by atoms with E-state index in [0.717, 1.165) is 6.07 Å². The Bertz CT molecular complexity index is 1720. The molecule has 0 aliphatic carbocycles. The molecule has 0 saturated carbocycles. The van der Waals surface area contributed by atoms with E-state index in [1.807, 2.05) is 0 Å². The zero-order valence-corrected chi connectivity index (χ0v) is 28.2. The molecule has 276 valence electrons. The highest BCUT2D eigenvalue weighted by Gasteiger charge is 2.40. The number of carbonyl (C=O) groups excluding carboxylic acids is 4. The van der Waals surface area contributed by atoms with Crippen molar-refractivity contribution in [2.45, 2.75) is 84.4 Å². The number of alkyl halides is 6. The lowest BCUT2D eigenvalue weighted by Gasteiger charge is -2.33. The van der Waals surface area contributed by atoms with E-state index >= 15 is 0 Å². The summed E-state index contributed by atoms with van der Waals surface area (Å²) in [6.45, 7) is 7.73. The molecule has 2 N–H and O–H groups in total. The highest BCUT2D eigenvalue weighted by atomic mass is 19.4. The molecule has 3 aromatic rings. The van der Waals surface area contributed by atoms with Gasteiger partial charge in [-0.1, -0.05) is 30.3 Å². The third kappa shape index (κ3) is 11.9. The standard InChI is InChI=1S/C33H35F6N5O7/c1-30(2,3)50-28(47)43-20-12-14-24(32(34,35)36)41-21(20)16-40-26(27(46)49-18-19-10-8-7-9-11-19)44(29(48)51-31(4,5)6)23-13-15-25(33(37,38)39)42-22(23)17-45/h7-15,17,26,40H,16,18H2,1-6H3,(H,43,47). The highest BCUT2D eigenvalue weighted by molar-refractivity contribution is 5.99. The van der Waals surface area contributed by atoms with Gasteiger partial charge in [-0.15, -0.1) is 0 Å². The van der Waals surface area contributed by atoms with Crippen LogP contribution in [0.25, 0.3) is 0 Å². The normalized spacial score (nSPS) is 12.8. The van der Waals surface area contributed by atoms with Gasteiger partial charge in [-0.3, -0.25) is 15.4 Å². The zero-order valence-electron chi connectivity index (χ0n) is 28.2. The number of anilines is 2. The van der Waals surface area contributed by atoms with Crippen LogP contribution >= 0.6 is 0 Å². The second-order valence-corrected chi connectivity index (χ2v) is 12.8. The number of hydrogen-bond acceptors (Lipinski definition) is 10. The third-order valence-electron chi connectivity index (χ3n) is 6.22. The summed E-state index contributed by atoms with van der Waals surface area (Å²) in [4.78, 5) is 59.5. The van der Waals surface area contributed by atoms with Gasteiger partial charge in [-0.25, -0.2) is 29.3 Å². The van der Waals surface area contributed by atoms with Crippen molar-refractivity contribution in [2.75, 3.05) is 10.2 Å². The summed E-state index contributed by atoms with van der Waals surface area (Å²) in [7, 11) is 0. The van der Waals surface area contributed by atoms with Gasteiger partial charge in [0.1, 0.15) is 34.9 Å². The molecule has 1 unspecified atom stereocenters. The molecule has 0 saturated heterocycles. The van der Waals surface area contributed by atoms with Crippen LogP contribution in [0.5, 0.6) is 0 Å². The van der Waals surface area contributed by atoms with Gasteiger partial charge in [-0.05, 0) is 71.4 Å². The van der Waals surface area contributed by atoms with Crippen LogP contribution in [0.4, 0.5) is 47.3 Å². The van der Waals surface area contributed by atoms with E-state index < -0.39 is 82.9 Å². The number of esters is 1. The number of aldehydes is 1. The van der Waals surface area contributed by atoms with Crippen LogP contribution in [0, 0.1) is 0 Å². The SMILES string of the molecule is CC(C)(C)OC(=O)Nc1ccc(C(F)(F)F)nc1CNC(C(=O)OCc1ccccc1)N(C(=O)OC(C)(C)C)c1ccc(C(F)(F)F)nc1C=O. The van der Waals surface area contributed by atoms with Gasteiger partial charge in [-0.2, -0.15) is 26.3 Å². The van der Waals surface area contributed by atoms with E-state index in [-0.39, 0.29) is 18.6 Å². The second-order valence-electron chi connectivity index (χ2n) is 12.8. The average Bonchev–Trinajstić information content (AvgIpc) is 3.00. The molecule has 2 aromatic heterocycles. The Labute approximate surface area is 288 Å². The van der Waals surface area contributed by atoms with E-state index in [9.17, 15) is 45.5 Å². The number of pyridine rings is 2. The van der Waals surface area contributed by atoms with Gasteiger partial charge in [0.25, 0.3) is 0 Å². The van der Waals surface area contributed by atoms with Gasteiger partial charge in [0.05, 0.1) is 17.1 Å². The molecule has 51 heavy (non-hydrogen) atoms. The minimum atomic E-state index is -5.01. The van der Waals surface area contributed by atoms with E-state index in [4.69, 9.17) is 14.2 Å². The predicted molar refractivity (Wildman–Crippen MR) is 169 cm³/mol. The molecule has 3 rings (SSSR count). The molecule has 0 spiro atoms. The lowest BCUT2D eigenvalue weighted by atomic mass is 10.2. The number of benzene rings is 1. The number of halogens is 6. The van der Waals surface area contributed by atoms with E-state index in [1.54, 1.807) is 51.1 Å². The predicted octanol–water partition coefficient (Wildman–Crippen LogP) is 7.27. The molecule has 1 atom stereocenters. The smallest absolute Gasteiger partial charge is 0.433 e. The van der Waals surface area contributed by atoms with Crippen LogP contribution in [0.1, 0.15) is 74.7 Å². The van der Waals surface area contributed by atoms with E-state index in [2.05, 4.69) is 20.6 Å². The molecule has 0 aliphatic heterocycles. The lowest BCUT2D eigenvalue weighted by Crippen LogP contribution is -2.55. The minimum absolute atomic E-state index is 0.0917. The van der Waals surface area contributed by atoms with E-state index in [1.165, 1.54) is 20.8 Å². The van der Waals surface area contributed by atoms with Gasteiger partial charge in [0.15, 0.2) is 12.5 Å². The van der Waals surface area contributed by atoms with Crippen LogP contribution in [0.15, 0.2) is 54.6 Å². The van der Waals surface area contributed by atoms with Gasteiger partial charge < -0.3 is 14.2 Å². The first kappa shape index (κ1) is 40.2. The lowest BCUT2D eigenvalue weighted by molar-refractivity contribution is -0.148. The topological polar surface area (TPSA) is 149 Å². The highest BCUT2D eigenvalue weighted by Crippen LogP contribution is 2.32. The maximum absolute atomic E-state index is 13.8. The summed E-state index contributed by atoms with van der Waals surface area (Å²) in [6.07, 6.45) is -14.6. The molecule has 2 heterocycles. The quantitative estimate of drug-likeness (QED) is 0.0718. The fraction of sp³-hybridized carbons (Fsp3) is 0.394. The Balaban J connectivity index is 2.18. The van der Waals surface area contributed by atoms with Crippen LogP contribution in [-0.4, -0.2) is 51.8 Å². The van der Waals surface area contributed by atoms with Gasteiger partial charge in [0.2, 0.25) is 0 Å². The summed E-state index contributed by atoms with van der Waals surface area (Å²) < 4.78 is 97.7. The van der Waals surface area contributed by atoms with Crippen LogP contribution < -0.4 is 15.5 Å². The Hall–Kier alpha value is -5.26. The minimum Gasteiger partial charge on any atom is -0.458 e. The van der Waals surface area contributed by atoms with Crippen molar-refractivity contribution >= 4 is 35.8 Å². The number of aromatic nitrogens is 2. The summed E-state index contributed by atoms with van der Waals surface area (Å²) in [5.74, 6) is -1.28. The molecular weight excluding hydrogens is 692 g/mol. The summed E-state index contributed by atoms with van der Waals surface area (Å²) in [6, 6.07) is 10.7. The summed E-state index contributed by atoms with van der Waals surface area (Å²) in [5, 5.41) is 4.82. The first-order valence-electron chi connectivity index (χ1n) is 15.0. The maximum Gasteiger partial charge on any atom is 0.433 e. The molecule has 18 heteroatoms. The Morgan fingerprint density at radius 3 is 1.92 bits per heavy atom. The number of nitrogens with one attached hydrogen (secondary N) is 2. The fourth-order valence-corrected chi connectivity index (χ4v) is 4.17. The van der Waals surface area contributed by atoms with Crippen molar-refractivity contribution in [1.82, 2.24) is 15.3 Å². The Morgan fingerprint density at radius 1 is 0.804 bits per heavy atom. The van der Waals surface area contributed by atoms with Crippen molar-refractivity contribution < 1.29 is 59.7 Å². The molecule has 12 nitrogen and oxygen atoms in total. The first-order chi connectivity index (χ1) is 23.5. The third-order valence-corrected chi connectivity index (χ3v) is 6.22. The largest absolute Gasteiger partial charge is 0.458 e. The number of nitrogens with zero attached hydrogens (tertiary/aromatic N) is 3. The molecule has 0 fully saturated rings. The molecule has 0 aliphatic rings. The zero-order chi connectivity index (χ0) is 38.4. The average molecular weight is 728 g/mol. The van der Waals surface area contributed by atoms with Crippen molar-refractivity contribution in [3.05, 3.63) is 82.9 Å². The van der Waals surface area contributed by atoms with Crippen LogP contribution in [0.3, 0.4) is 0 Å². The van der Waals surface area contributed by atoms with Crippen molar-refractivity contribution in [2.24, 2.45) is 0 Å². The molecule has 0 bridgehead atoms. The van der Waals surface area contributed by atoms with Crippen molar-refractivity contribution in [3.8, 4) is 0 Å². The van der Waals surface area contributed by atoms with Crippen molar-refractivity contribution in [3.63, 3.8) is 0 Å². The molecule has 1 aromatic carbocycles. The first-order valence-corrected chi connectivity index (χ1v) is 15.0. The van der Waals surface area contributed by atoms with Gasteiger partial charge >= 0.3 is 30.5 Å². The number of amides is 2. The molecule has 0 radical (unpaired) electrons. The van der Waals surface area contributed by atoms with Crippen LogP contribution in [-0.2, 0) is 44.5 Å².